The van der Waals surface area contributed by atoms with Crippen LogP contribution in [-0.4, -0.2) is 5.97 Å². The molecule has 0 heterocycles. The first kappa shape index (κ1) is 15.4. The number of hydrogen-bond acceptors (Lipinski definition) is 2. The Balaban J connectivity index is 2.30. The zero-order chi connectivity index (χ0) is 14.9. The van der Waals surface area contributed by atoms with Crippen LogP contribution in [0.3, 0.4) is 0 Å². The van der Waals surface area contributed by atoms with Gasteiger partial charge < -0.3 is 4.74 Å². The lowest BCUT2D eigenvalue weighted by Gasteiger charge is -2.11. The van der Waals surface area contributed by atoms with E-state index >= 15 is 0 Å². The van der Waals surface area contributed by atoms with E-state index in [-0.39, 0.29) is 0 Å². The Kier molecular flexibility index (Phi) is 4.74. The molecule has 0 fully saturated rings. The maximum atomic E-state index is 12.1. The summed E-state index contributed by atoms with van der Waals surface area (Å²) in [5.41, 5.74) is 2.12. The van der Waals surface area contributed by atoms with Crippen LogP contribution in [-0.2, 0) is 0 Å². The van der Waals surface area contributed by atoms with Gasteiger partial charge in [-0.2, -0.15) is 0 Å². The molecular weight excluding hydrogens is 363 g/mol. The third-order valence-electron chi connectivity index (χ3n) is 2.78. The molecule has 104 valence electrons. The molecule has 0 amide bonds. The predicted octanol–water partition coefficient (Wildman–Crippen LogP) is 5.59. The van der Waals surface area contributed by atoms with Gasteiger partial charge in [0.1, 0.15) is 5.75 Å². The number of aryl methyl sites for hydroxylation is 2. The van der Waals surface area contributed by atoms with Crippen molar-refractivity contribution in [3.63, 3.8) is 0 Å². The van der Waals surface area contributed by atoms with E-state index < -0.39 is 5.97 Å². The summed E-state index contributed by atoms with van der Waals surface area (Å²) in [7, 11) is 0. The highest BCUT2D eigenvalue weighted by Gasteiger charge is 2.14. The molecule has 0 radical (unpaired) electrons. The predicted molar refractivity (Wildman–Crippen MR) is 85.0 cm³/mol. The van der Waals surface area contributed by atoms with E-state index in [1.807, 2.05) is 26.0 Å². The van der Waals surface area contributed by atoms with Crippen molar-refractivity contribution in [1.29, 1.82) is 0 Å². The molecule has 0 aliphatic carbocycles. The molecule has 0 aliphatic heterocycles. The van der Waals surface area contributed by atoms with Gasteiger partial charge in [-0.05, 0) is 55.3 Å². The highest BCUT2D eigenvalue weighted by Crippen LogP contribution is 2.29. The van der Waals surface area contributed by atoms with Gasteiger partial charge in [0.15, 0.2) is 0 Å². The Morgan fingerprint density at radius 3 is 2.20 bits per heavy atom. The summed E-state index contributed by atoms with van der Waals surface area (Å²) in [6.07, 6.45) is 0. The van der Waals surface area contributed by atoms with Gasteiger partial charge in [0.05, 0.1) is 15.6 Å². The minimum atomic E-state index is -0.461. The molecule has 0 aromatic heterocycles. The second-order valence-electron chi connectivity index (χ2n) is 4.39. The number of carbonyl (C=O) groups is 1. The van der Waals surface area contributed by atoms with Crippen LogP contribution in [0.25, 0.3) is 0 Å². The molecule has 2 aromatic carbocycles. The van der Waals surface area contributed by atoms with Crippen LogP contribution >= 0.6 is 39.1 Å². The van der Waals surface area contributed by atoms with Gasteiger partial charge in [0.2, 0.25) is 0 Å². The third kappa shape index (κ3) is 3.35. The number of hydrogen-bond donors (Lipinski definition) is 0. The fourth-order valence-corrected chi connectivity index (χ4v) is 2.82. The topological polar surface area (TPSA) is 26.3 Å². The third-order valence-corrected chi connectivity index (χ3v) is 3.97. The maximum Gasteiger partial charge on any atom is 0.343 e. The van der Waals surface area contributed by atoms with Crippen LogP contribution in [0.15, 0.2) is 34.8 Å². The number of carbonyl (C=O) groups excluding carboxylic acids is 1. The van der Waals surface area contributed by atoms with Gasteiger partial charge in [-0.3, -0.25) is 0 Å². The van der Waals surface area contributed by atoms with Crippen molar-refractivity contribution >= 4 is 45.1 Å². The van der Waals surface area contributed by atoms with Crippen molar-refractivity contribution in [2.24, 2.45) is 0 Å². The Bertz CT molecular complexity index is 661. The van der Waals surface area contributed by atoms with E-state index in [0.717, 1.165) is 15.6 Å². The number of benzene rings is 2. The van der Waals surface area contributed by atoms with Gasteiger partial charge in [0, 0.05) is 4.47 Å². The lowest BCUT2D eigenvalue weighted by molar-refractivity contribution is 0.0732. The maximum absolute atomic E-state index is 12.1. The van der Waals surface area contributed by atoms with Gasteiger partial charge in [0.25, 0.3) is 0 Å². The van der Waals surface area contributed by atoms with E-state index in [1.165, 1.54) is 6.07 Å². The summed E-state index contributed by atoms with van der Waals surface area (Å²) in [5, 5.41) is 0.726. The minimum absolute atomic E-state index is 0.324. The van der Waals surface area contributed by atoms with Crippen molar-refractivity contribution < 1.29 is 9.53 Å². The van der Waals surface area contributed by atoms with Gasteiger partial charge in [-0.15, -0.1) is 0 Å². The normalized spacial score (nSPS) is 10.4. The number of halogens is 3. The standard InChI is InChI=1S/C15H11BrCl2O2/c1-8-5-11(16)6-9(2)14(8)20-15(19)10-3-4-12(17)13(18)7-10/h3-7H,1-2H3. The summed E-state index contributed by atoms with van der Waals surface area (Å²) in [6, 6.07) is 8.44. The van der Waals surface area contributed by atoms with Crippen molar-refractivity contribution in [2.45, 2.75) is 13.8 Å². The zero-order valence-corrected chi connectivity index (χ0v) is 13.9. The second kappa shape index (κ2) is 6.17. The highest BCUT2D eigenvalue weighted by molar-refractivity contribution is 9.10. The lowest BCUT2D eigenvalue weighted by Crippen LogP contribution is -2.10. The van der Waals surface area contributed by atoms with Gasteiger partial charge in [-0.1, -0.05) is 39.1 Å². The van der Waals surface area contributed by atoms with Crippen molar-refractivity contribution in [1.82, 2.24) is 0 Å². The molecule has 2 rings (SSSR count). The number of rotatable bonds is 2. The summed E-state index contributed by atoms with van der Waals surface area (Å²) >= 11 is 15.1. The first-order chi connectivity index (χ1) is 9.38. The number of esters is 1. The SMILES string of the molecule is Cc1cc(Br)cc(C)c1OC(=O)c1ccc(Cl)c(Cl)c1. The zero-order valence-electron chi connectivity index (χ0n) is 10.8. The molecule has 0 unspecified atom stereocenters. The molecule has 2 nitrogen and oxygen atoms in total. The Hall–Kier alpha value is -1.03. The molecule has 0 saturated heterocycles. The summed E-state index contributed by atoms with van der Waals surface area (Å²) in [5.74, 6) is 0.0985. The van der Waals surface area contributed by atoms with E-state index in [1.54, 1.807) is 12.1 Å². The summed E-state index contributed by atoms with van der Waals surface area (Å²) < 4.78 is 6.40. The van der Waals surface area contributed by atoms with Crippen molar-refractivity contribution in [2.75, 3.05) is 0 Å². The van der Waals surface area contributed by atoms with E-state index in [0.29, 0.717) is 21.4 Å². The fourth-order valence-electron chi connectivity index (χ4n) is 1.83. The molecule has 20 heavy (non-hydrogen) atoms. The Morgan fingerprint density at radius 1 is 1.05 bits per heavy atom. The number of ether oxygens (including phenoxy) is 1. The molecule has 0 atom stereocenters. The monoisotopic (exact) mass is 372 g/mol. The smallest absolute Gasteiger partial charge is 0.343 e. The van der Waals surface area contributed by atoms with Gasteiger partial charge in [-0.25, -0.2) is 4.79 Å². The largest absolute Gasteiger partial charge is 0.422 e. The van der Waals surface area contributed by atoms with Crippen LogP contribution < -0.4 is 4.74 Å². The second-order valence-corrected chi connectivity index (χ2v) is 6.12. The van der Waals surface area contributed by atoms with Crippen LogP contribution in [0.1, 0.15) is 21.5 Å². The summed E-state index contributed by atoms with van der Waals surface area (Å²) in [6.45, 7) is 3.77. The first-order valence-corrected chi connectivity index (χ1v) is 7.37. The average Bonchev–Trinajstić information content (AvgIpc) is 2.36. The molecule has 5 heteroatoms. The minimum Gasteiger partial charge on any atom is -0.422 e. The molecular formula is C15H11BrCl2O2. The fraction of sp³-hybridized carbons (Fsp3) is 0.133. The van der Waals surface area contributed by atoms with Gasteiger partial charge >= 0.3 is 5.97 Å². The van der Waals surface area contributed by atoms with Crippen LogP contribution in [0, 0.1) is 13.8 Å². The lowest BCUT2D eigenvalue weighted by atomic mass is 10.1. The van der Waals surface area contributed by atoms with Crippen LogP contribution in [0.5, 0.6) is 5.75 Å². The quantitative estimate of drug-likeness (QED) is 0.506. The summed E-state index contributed by atoms with van der Waals surface area (Å²) in [4.78, 5) is 12.1. The van der Waals surface area contributed by atoms with E-state index in [4.69, 9.17) is 27.9 Å². The van der Waals surface area contributed by atoms with Crippen molar-refractivity contribution in [3.05, 3.63) is 61.5 Å². The van der Waals surface area contributed by atoms with Crippen LogP contribution in [0.2, 0.25) is 10.0 Å². The molecule has 0 aliphatic rings. The van der Waals surface area contributed by atoms with E-state index in [2.05, 4.69) is 15.9 Å². The molecule has 0 bridgehead atoms. The average molecular weight is 374 g/mol. The molecule has 0 saturated carbocycles. The molecule has 2 aromatic rings. The Labute approximate surface area is 135 Å². The highest BCUT2D eigenvalue weighted by atomic mass is 79.9. The van der Waals surface area contributed by atoms with E-state index in [9.17, 15) is 4.79 Å². The molecule has 0 spiro atoms. The van der Waals surface area contributed by atoms with Crippen molar-refractivity contribution in [3.8, 4) is 5.75 Å². The first-order valence-electron chi connectivity index (χ1n) is 5.82. The Morgan fingerprint density at radius 2 is 1.65 bits per heavy atom. The molecule has 0 N–H and O–H groups in total. The van der Waals surface area contributed by atoms with Crippen LogP contribution in [0.4, 0.5) is 0 Å².